The van der Waals surface area contributed by atoms with Crippen LogP contribution in [0.5, 0.6) is 5.75 Å². The molecule has 0 N–H and O–H groups in total. The van der Waals surface area contributed by atoms with E-state index in [1.165, 1.54) is 6.07 Å². The van der Waals surface area contributed by atoms with Crippen molar-refractivity contribution in [1.29, 1.82) is 0 Å². The van der Waals surface area contributed by atoms with Gasteiger partial charge in [0.2, 0.25) is 0 Å². The number of pyridine rings is 1. The van der Waals surface area contributed by atoms with Gasteiger partial charge in [0.05, 0.1) is 11.5 Å². The first kappa shape index (κ1) is 14.6. The fraction of sp³-hybridized carbons (Fsp3) is 0.214. The number of benzene rings is 1. The monoisotopic (exact) mass is 309 g/mol. The van der Waals surface area contributed by atoms with Gasteiger partial charge in [0.25, 0.3) is 9.05 Å². The molecule has 1 heterocycles. The van der Waals surface area contributed by atoms with Crippen molar-refractivity contribution in [2.24, 2.45) is 0 Å². The average Bonchev–Trinajstić information content (AvgIpc) is 2.42. The zero-order chi connectivity index (χ0) is 14.6. The number of hydrogen-bond donors (Lipinski definition) is 0. The van der Waals surface area contributed by atoms with Crippen molar-refractivity contribution in [1.82, 2.24) is 4.98 Å². The highest BCUT2D eigenvalue weighted by Crippen LogP contribution is 2.31. The summed E-state index contributed by atoms with van der Waals surface area (Å²) in [6.45, 7) is 0.447. The summed E-state index contributed by atoms with van der Waals surface area (Å²) in [6.07, 6.45) is 8.08. The Kier molecular flexibility index (Phi) is 4.48. The van der Waals surface area contributed by atoms with Crippen LogP contribution in [0.1, 0.15) is 12.8 Å². The number of terminal acetylenes is 1. The molecule has 4 nitrogen and oxygen atoms in total. The molecule has 2 rings (SSSR count). The second-order valence-corrected chi connectivity index (χ2v) is 6.59. The van der Waals surface area contributed by atoms with E-state index >= 15 is 0 Å². The van der Waals surface area contributed by atoms with Gasteiger partial charge in [0.1, 0.15) is 11.3 Å². The van der Waals surface area contributed by atoms with Crippen LogP contribution < -0.4 is 4.74 Å². The highest BCUT2D eigenvalue weighted by atomic mass is 35.7. The van der Waals surface area contributed by atoms with Gasteiger partial charge in [-0.25, -0.2) is 8.42 Å². The van der Waals surface area contributed by atoms with Gasteiger partial charge >= 0.3 is 0 Å². The Morgan fingerprint density at radius 2 is 2.15 bits per heavy atom. The Labute approximate surface area is 122 Å². The van der Waals surface area contributed by atoms with E-state index in [2.05, 4.69) is 10.9 Å². The third-order valence-electron chi connectivity index (χ3n) is 2.68. The van der Waals surface area contributed by atoms with Crippen LogP contribution in [0.3, 0.4) is 0 Å². The highest BCUT2D eigenvalue weighted by molar-refractivity contribution is 8.14. The minimum absolute atomic E-state index is 0.0261. The summed E-state index contributed by atoms with van der Waals surface area (Å²) in [5, 5.41) is 0.442. The number of halogens is 1. The molecule has 0 amide bonds. The molecule has 20 heavy (non-hydrogen) atoms. The summed E-state index contributed by atoms with van der Waals surface area (Å²) in [5.74, 6) is 3.04. The first-order valence-electron chi connectivity index (χ1n) is 5.92. The van der Waals surface area contributed by atoms with Crippen LogP contribution in [0.4, 0.5) is 0 Å². The van der Waals surface area contributed by atoms with Gasteiger partial charge < -0.3 is 4.74 Å². The normalized spacial score (nSPS) is 11.2. The lowest BCUT2D eigenvalue weighted by atomic mass is 10.2. The van der Waals surface area contributed by atoms with E-state index in [-0.39, 0.29) is 4.90 Å². The predicted molar refractivity (Wildman–Crippen MR) is 78.3 cm³/mol. The molecule has 0 aliphatic carbocycles. The van der Waals surface area contributed by atoms with Crippen molar-refractivity contribution >= 4 is 30.6 Å². The maximum absolute atomic E-state index is 11.5. The lowest BCUT2D eigenvalue weighted by Crippen LogP contribution is -2.00. The van der Waals surface area contributed by atoms with Crippen LogP contribution in [-0.2, 0) is 9.05 Å². The molecule has 0 fully saturated rings. The lowest BCUT2D eigenvalue weighted by Gasteiger charge is -2.10. The second kappa shape index (κ2) is 6.12. The predicted octanol–water partition coefficient (Wildman–Crippen LogP) is 2.95. The van der Waals surface area contributed by atoms with Crippen molar-refractivity contribution < 1.29 is 13.2 Å². The van der Waals surface area contributed by atoms with E-state index < -0.39 is 9.05 Å². The smallest absolute Gasteiger partial charge is 0.261 e. The van der Waals surface area contributed by atoms with Gasteiger partial charge in [-0.15, -0.1) is 12.3 Å². The van der Waals surface area contributed by atoms with Crippen LogP contribution in [0.15, 0.2) is 35.4 Å². The third-order valence-corrected chi connectivity index (χ3v) is 4.06. The van der Waals surface area contributed by atoms with E-state index in [1.54, 1.807) is 24.4 Å². The van der Waals surface area contributed by atoms with Gasteiger partial charge in [0.15, 0.2) is 0 Å². The molecule has 104 valence electrons. The van der Waals surface area contributed by atoms with Gasteiger partial charge in [0, 0.05) is 28.7 Å². The first-order chi connectivity index (χ1) is 9.54. The van der Waals surface area contributed by atoms with Gasteiger partial charge in [-0.2, -0.15) is 0 Å². The Hall–Kier alpha value is -1.77. The fourth-order valence-electron chi connectivity index (χ4n) is 1.81. The number of fused-ring (bicyclic) bond motifs is 1. The number of rotatable bonds is 5. The Morgan fingerprint density at radius 1 is 1.35 bits per heavy atom. The zero-order valence-corrected chi connectivity index (χ0v) is 12.1. The van der Waals surface area contributed by atoms with E-state index in [1.807, 2.05) is 0 Å². The topological polar surface area (TPSA) is 56.3 Å². The number of hydrogen-bond acceptors (Lipinski definition) is 4. The molecule has 2 aromatic rings. The Morgan fingerprint density at radius 3 is 2.85 bits per heavy atom. The fourth-order valence-corrected chi connectivity index (χ4v) is 2.87. The van der Waals surface area contributed by atoms with Crippen molar-refractivity contribution in [2.75, 3.05) is 6.61 Å². The SMILES string of the molecule is C#CCCCOc1ccc(S(=O)(=O)Cl)c2cccnc12. The molecule has 0 saturated heterocycles. The van der Waals surface area contributed by atoms with E-state index in [4.69, 9.17) is 21.8 Å². The van der Waals surface area contributed by atoms with E-state index in [9.17, 15) is 8.42 Å². The minimum atomic E-state index is -3.83. The van der Waals surface area contributed by atoms with Crippen molar-refractivity contribution in [3.05, 3.63) is 30.5 Å². The lowest BCUT2D eigenvalue weighted by molar-refractivity contribution is 0.316. The third kappa shape index (κ3) is 3.21. The summed E-state index contributed by atoms with van der Waals surface area (Å²) in [4.78, 5) is 4.19. The van der Waals surface area contributed by atoms with E-state index in [0.29, 0.717) is 29.7 Å². The number of nitrogens with zero attached hydrogens (tertiary/aromatic N) is 1. The minimum Gasteiger partial charge on any atom is -0.491 e. The largest absolute Gasteiger partial charge is 0.491 e. The summed E-state index contributed by atoms with van der Waals surface area (Å²) in [7, 11) is 1.59. The Bertz CT molecular complexity index is 766. The standard InChI is InChI=1S/C14H12ClNO3S/c1-2-3-4-10-19-12-7-8-13(20(15,17)18)11-6-5-9-16-14(11)12/h1,5-9H,3-4,10H2. The molecule has 0 aliphatic heterocycles. The molecule has 1 aromatic heterocycles. The molecule has 0 unspecified atom stereocenters. The second-order valence-electron chi connectivity index (χ2n) is 4.06. The van der Waals surface area contributed by atoms with E-state index in [0.717, 1.165) is 6.42 Å². The molecule has 0 saturated carbocycles. The number of aromatic nitrogens is 1. The van der Waals surface area contributed by atoms with Crippen LogP contribution in [0.2, 0.25) is 0 Å². The average molecular weight is 310 g/mol. The quantitative estimate of drug-likeness (QED) is 0.484. The molecule has 0 atom stereocenters. The molecular formula is C14H12ClNO3S. The Balaban J connectivity index is 2.42. The molecule has 0 radical (unpaired) electrons. The molecule has 6 heteroatoms. The van der Waals surface area contributed by atoms with Crippen molar-refractivity contribution in [3.63, 3.8) is 0 Å². The zero-order valence-electron chi connectivity index (χ0n) is 10.5. The maximum Gasteiger partial charge on any atom is 0.261 e. The van der Waals surface area contributed by atoms with Crippen LogP contribution >= 0.6 is 10.7 Å². The molecule has 0 bridgehead atoms. The molecular weight excluding hydrogens is 298 g/mol. The first-order valence-corrected chi connectivity index (χ1v) is 8.23. The molecule has 1 aromatic carbocycles. The molecule has 0 aliphatic rings. The van der Waals surface area contributed by atoms with Gasteiger partial charge in [-0.1, -0.05) is 0 Å². The van der Waals surface area contributed by atoms with Gasteiger partial charge in [-0.05, 0) is 30.7 Å². The number of ether oxygens (including phenoxy) is 1. The van der Waals surface area contributed by atoms with Crippen LogP contribution in [0, 0.1) is 12.3 Å². The maximum atomic E-state index is 11.5. The summed E-state index contributed by atoms with van der Waals surface area (Å²) < 4.78 is 28.7. The summed E-state index contributed by atoms with van der Waals surface area (Å²) >= 11 is 0. The van der Waals surface area contributed by atoms with Crippen molar-refractivity contribution in [3.8, 4) is 18.1 Å². The summed E-state index contributed by atoms with van der Waals surface area (Å²) in [5.41, 5.74) is 0.468. The number of unbranched alkanes of at least 4 members (excludes halogenated alkanes) is 1. The summed E-state index contributed by atoms with van der Waals surface area (Å²) in [6, 6.07) is 6.27. The van der Waals surface area contributed by atoms with Crippen LogP contribution in [0.25, 0.3) is 10.9 Å². The van der Waals surface area contributed by atoms with Crippen molar-refractivity contribution in [2.45, 2.75) is 17.7 Å². The van der Waals surface area contributed by atoms with Gasteiger partial charge in [-0.3, -0.25) is 4.98 Å². The highest BCUT2D eigenvalue weighted by Gasteiger charge is 2.17. The molecule has 0 spiro atoms. The van der Waals surface area contributed by atoms with Crippen LogP contribution in [-0.4, -0.2) is 20.0 Å².